The second-order valence-corrected chi connectivity index (χ2v) is 4.53. The molecule has 0 bridgehead atoms. The van der Waals surface area contributed by atoms with E-state index in [1.807, 2.05) is 0 Å². The topological polar surface area (TPSA) is 0 Å². The Kier molecular flexibility index (Phi) is 3.88. The predicted molar refractivity (Wildman–Crippen MR) is 56.4 cm³/mol. The van der Waals surface area contributed by atoms with Crippen molar-refractivity contribution in [2.75, 3.05) is 0 Å². The van der Waals surface area contributed by atoms with Crippen LogP contribution in [0.4, 0.5) is 13.2 Å². The molecule has 0 atom stereocenters. The summed E-state index contributed by atoms with van der Waals surface area (Å²) in [4.78, 5) is 0. The molecule has 1 rings (SSSR count). The molecule has 0 N–H and O–H groups in total. The van der Waals surface area contributed by atoms with E-state index in [9.17, 15) is 13.2 Å². The van der Waals surface area contributed by atoms with Crippen molar-refractivity contribution in [2.24, 2.45) is 0 Å². The molecule has 0 spiro atoms. The highest BCUT2D eigenvalue weighted by molar-refractivity contribution is 9.11. The van der Waals surface area contributed by atoms with Crippen molar-refractivity contribution in [1.29, 1.82) is 0 Å². The van der Waals surface area contributed by atoms with E-state index in [2.05, 4.69) is 31.9 Å². The Morgan fingerprint density at radius 3 is 2.14 bits per heavy atom. The summed E-state index contributed by atoms with van der Waals surface area (Å²) < 4.78 is 37.5. The van der Waals surface area contributed by atoms with Gasteiger partial charge in [0.05, 0.1) is 5.56 Å². The lowest BCUT2D eigenvalue weighted by molar-refractivity contribution is -0.138. The van der Waals surface area contributed by atoms with Crippen molar-refractivity contribution >= 4 is 43.5 Å². The minimum absolute atomic E-state index is 0.00356. The molecule has 6 heteroatoms. The molecule has 0 saturated carbocycles. The van der Waals surface area contributed by atoms with Gasteiger partial charge in [0, 0.05) is 14.8 Å². The Labute approximate surface area is 101 Å². The van der Waals surface area contributed by atoms with Gasteiger partial charge in [0.15, 0.2) is 0 Å². The van der Waals surface area contributed by atoms with E-state index in [0.717, 1.165) is 6.07 Å². The molecule has 0 saturated heterocycles. The first-order valence-electron chi connectivity index (χ1n) is 3.47. The maximum absolute atomic E-state index is 12.4. The van der Waals surface area contributed by atoms with E-state index >= 15 is 0 Å². The van der Waals surface area contributed by atoms with Crippen LogP contribution in [0.5, 0.6) is 0 Å². The number of benzene rings is 1. The Hall–Kier alpha value is 0.260. The van der Waals surface area contributed by atoms with E-state index in [1.165, 1.54) is 6.07 Å². The van der Waals surface area contributed by atoms with Crippen LogP contribution in [0, 0.1) is 0 Å². The number of rotatable bonds is 1. The van der Waals surface area contributed by atoms with Crippen LogP contribution in [0.25, 0.3) is 0 Å². The molecule has 0 amide bonds. The van der Waals surface area contributed by atoms with Crippen molar-refractivity contribution in [2.45, 2.75) is 12.1 Å². The van der Waals surface area contributed by atoms with Crippen LogP contribution in [0.3, 0.4) is 0 Å². The van der Waals surface area contributed by atoms with Crippen molar-refractivity contribution < 1.29 is 13.2 Å². The van der Waals surface area contributed by atoms with Crippen molar-refractivity contribution in [1.82, 2.24) is 0 Å². The van der Waals surface area contributed by atoms with Crippen LogP contribution >= 0.6 is 43.5 Å². The average molecular weight is 352 g/mol. The van der Waals surface area contributed by atoms with Gasteiger partial charge in [0.2, 0.25) is 0 Å². The van der Waals surface area contributed by atoms with E-state index < -0.39 is 11.7 Å². The molecule has 0 radical (unpaired) electrons. The maximum Gasteiger partial charge on any atom is 0.417 e. The van der Waals surface area contributed by atoms with Crippen molar-refractivity contribution in [3.63, 3.8) is 0 Å². The third kappa shape index (κ3) is 2.64. The van der Waals surface area contributed by atoms with Gasteiger partial charge in [-0.3, -0.25) is 0 Å². The first-order valence-corrected chi connectivity index (χ1v) is 5.59. The molecule has 78 valence electrons. The number of hydrogen-bond donors (Lipinski definition) is 0. The summed E-state index contributed by atoms with van der Waals surface area (Å²) >= 11 is 11.4. The normalized spacial score (nSPS) is 11.9. The lowest BCUT2D eigenvalue weighted by atomic mass is 10.1. The summed E-state index contributed by atoms with van der Waals surface area (Å²) in [6.07, 6.45) is -4.35. The van der Waals surface area contributed by atoms with Crippen LogP contribution in [0.15, 0.2) is 21.1 Å². The van der Waals surface area contributed by atoms with E-state index in [-0.39, 0.29) is 10.4 Å². The smallest absolute Gasteiger partial charge is 0.166 e. The summed E-state index contributed by atoms with van der Waals surface area (Å²) in [5, 5.41) is 0. The Balaban J connectivity index is 3.29. The predicted octanol–water partition coefficient (Wildman–Crippen LogP) is 4.97. The molecule has 0 aliphatic carbocycles. The summed E-state index contributed by atoms with van der Waals surface area (Å²) in [5.41, 5.74) is -0.0928. The molecule has 0 aliphatic rings. The number of halogens is 6. The highest BCUT2D eigenvalue weighted by Crippen LogP contribution is 2.38. The molecule has 14 heavy (non-hydrogen) atoms. The highest BCUT2D eigenvalue weighted by atomic mass is 79.9. The van der Waals surface area contributed by atoms with Crippen molar-refractivity contribution in [3.8, 4) is 0 Å². The van der Waals surface area contributed by atoms with Crippen LogP contribution in [-0.2, 0) is 12.1 Å². The lowest BCUT2D eigenvalue weighted by Gasteiger charge is -2.11. The second kappa shape index (κ2) is 4.41. The largest absolute Gasteiger partial charge is 0.417 e. The molecular formula is C8H4Br2ClF3. The molecule has 0 unspecified atom stereocenters. The summed E-state index contributed by atoms with van der Waals surface area (Å²) in [7, 11) is 0. The minimum Gasteiger partial charge on any atom is -0.166 e. The van der Waals surface area contributed by atoms with Gasteiger partial charge in [-0.05, 0) is 17.7 Å². The van der Waals surface area contributed by atoms with Gasteiger partial charge in [-0.2, -0.15) is 13.2 Å². The van der Waals surface area contributed by atoms with E-state index in [4.69, 9.17) is 11.6 Å². The number of alkyl halides is 4. The van der Waals surface area contributed by atoms with Crippen molar-refractivity contribution in [3.05, 3.63) is 32.2 Å². The van der Waals surface area contributed by atoms with Crippen LogP contribution in [0.2, 0.25) is 0 Å². The van der Waals surface area contributed by atoms with Gasteiger partial charge in [0.1, 0.15) is 0 Å². The van der Waals surface area contributed by atoms with E-state index in [1.54, 1.807) is 0 Å². The Morgan fingerprint density at radius 1 is 1.14 bits per heavy atom. The van der Waals surface area contributed by atoms with Crippen LogP contribution in [-0.4, -0.2) is 0 Å². The summed E-state index contributed by atoms with van der Waals surface area (Å²) in [6.45, 7) is 0. The zero-order valence-corrected chi connectivity index (χ0v) is 10.6. The van der Waals surface area contributed by atoms with Gasteiger partial charge < -0.3 is 0 Å². The van der Waals surface area contributed by atoms with E-state index in [0.29, 0.717) is 10.0 Å². The highest BCUT2D eigenvalue weighted by Gasteiger charge is 2.33. The summed E-state index contributed by atoms with van der Waals surface area (Å²) in [5.74, 6) is 0.164. The molecule has 0 aromatic heterocycles. The molecule has 0 aliphatic heterocycles. The zero-order chi connectivity index (χ0) is 10.9. The SMILES string of the molecule is FC(F)(F)c1cc(Br)c(CCl)cc1Br. The minimum atomic E-state index is -4.35. The molecular weight excluding hydrogens is 348 g/mol. The third-order valence-corrected chi connectivity index (χ3v) is 3.27. The molecule has 1 aromatic carbocycles. The third-order valence-electron chi connectivity index (χ3n) is 1.59. The maximum atomic E-state index is 12.4. The zero-order valence-electron chi connectivity index (χ0n) is 6.63. The quantitative estimate of drug-likeness (QED) is 0.626. The first-order chi connectivity index (χ1) is 6.36. The van der Waals surface area contributed by atoms with Gasteiger partial charge in [-0.15, -0.1) is 11.6 Å². The standard InChI is InChI=1S/C8H4Br2ClF3/c9-6-2-5(8(12,13)14)7(10)1-4(6)3-11/h1-2H,3H2. The van der Waals surface area contributed by atoms with Gasteiger partial charge >= 0.3 is 6.18 Å². The second-order valence-electron chi connectivity index (χ2n) is 2.55. The first kappa shape index (κ1) is 12.3. The molecule has 0 fully saturated rings. The summed E-state index contributed by atoms with van der Waals surface area (Å²) in [6, 6.07) is 2.38. The number of hydrogen-bond acceptors (Lipinski definition) is 0. The molecule has 1 aromatic rings. The molecule has 0 nitrogen and oxygen atoms in total. The fourth-order valence-electron chi connectivity index (χ4n) is 0.908. The van der Waals surface area contributed by atoms with Crippen LogP contribution in [0.1, 0.15) is 11.1 Å². The average Bonchev–Trinajstić information content (AvgIpc) is 2.06. The van der Waals surface area contributed by atoms with Gasteiger partial charge in [0.25, 0.3) is 0 Å². The monoisotopic (exact) mass is 350 g/mol. The molecule has 0 heterocycles. The fraction of sp³-hybridized carbons (Fsp3) is 0.250. The fourth-order valence-corrected chi connectivity index (χ4v) is 2.39. The van der Waals surface area contributed by atoms with Gasteiger partial charge in [-0.25, -0.2) is 0 Å². The van der Waals surface area contributed by atoms with Crippen LogP contribution < -0.4 is 0 Å². The lowest BCUT2D eigenvalue weighted by Crippen LogP contribution is -2.06. The Morgan fingerprint density at radius 2 is 1.71 bits per heavy atom. The Bertz CT molecular complexity index is 349. The van der Waals surface area contributed by atoms with Gasteiger partial charge in [-0.1, -0.05) is 31.9 Å².